The number of nitrogens with zero attached hydrogens (tertiary/aromatic N) is 1. The van der Waals surface area contributed by atoms with Crippen LogP contribution in [0.2, 0.25) is 47.2 Å². The van der Waals surface area contributed by atoms with E-state index < -0.39 is 36.2 Å². The summed E-state index contributed by atoms with van der Waals surface area (Å²) in [6.07, 6.45) is -9.79. The van der Waals surface area contributed by atoms with Crippen LogP contribution in [0.15, 0.2) is 36.4 Å². The van der Waals surface area contributed by atoms with Gasteiger partial charge < -0.3 is 0 Å². The molecule has 5 unspecified atom stereocenters. The maximum absolute atomic E-state index is 13.9. The zero-order valence-electron chi connectivity index (χ0n) is 20.6. The Hall–Kier alpha value is -1.65. The molecule has 4 N–H and O–H groups in total. The molecule has 0 bridgehead atoms. The molecule has 0 aliphatic carbocycles. The number of aromatic nitrogens is 1. The van der Waals surface area contributed by atoms with E-state index >= 15 is 0 Å². The number of hydrogen-bond donors (Lipinski definition) is 3. The molecule has 4 nitrogen and oxygen atoms in total. The average Bonchev–Trinajstić information content (AvgIpc) is 3.84. The molecule has 1 aromatic carbocycles. The van der Waals surface area contributed by atoms with Crippen LogP contribution in [0.3, 0.4) is 0 Å². The van der Waals surface area contributed by atoms with Gasteiger partial charge >= 0.3 is 210 Å². The first-order chi connectivity index (χ1) is 18.2. The van der Waals surface area contributed by atoms with Crippen molar-refractivity contribution in [2.24, 2.45) is 5.73 Å². The second kappa shape index (κ2) is 3.08. The number of fused-ring (bicyclic) bond motifs is 10. The minimum atomic E-state index is -4.75. The maximum atomic E-state index is 13.9. The van der Waals surface area contributed by atoms with Crippen molar-refractivity contribution in [3.8, 4) is 11.3 Å². The van der Waals surface area contributed by atoms with E-state index in [1.54, 1.807) is 0 Å². The molecule has 10 fully saturated rings. The number of alkyl halides is 6. The van der Waals surface area contributed by atoms with E-state index in [-0.39, 0.29) is 21.1 Å². The summed E-state index contributed by atoms with van der Waals surface area (Å²) in [7, 11) is 0. The molecule has 10 aliphatic rings. The molecule has 210 valence electrons. The molecule has 10 saturated heterocycles. The molecule has 39 heavy (non-hydrogen) atoms. The summed E-state index contributed by atoms with van der Waals surface area (Å²) >= 11 is 0. The Labute approximate surface area is 210 Å². The van der Waals surface area contributed by atoms with E-state index in [1.165, 1.54) is 6.07 Å². The van der Waals surface area contributed by atoms with Gasteiger partial charge in [-0.15, -0.1) is 0 Å². The number of hydrogen-bond acceptors (Lipinski definition) is 4. The van der Waals surface area contributed by atoms with Gasteiger partial charge in [-0.3, -0.25) is 0 Å². The summed E-state index contributed by atoms with van der Waals surface area (Å²) < 4.78 is 81.4. The number of halogens is 6. The standard InChI is InChI=1S/C23H22F6N3O.C5H5.Fe/c24-22(25,26)18-6-4-14(5-7-18)19-10-17(12-21(32-19)23(27,28)29)20(33)11-15-2-1-3-16(15)13-31-9-8-30;1-2-4-5-3-1;/h1-7,10,12,20,31,33H,8-9,11,13,30H2;1-5H;/t20-;;/m0../s1. The fourth-order valence-corrected chi connectivity index (χ4v) is 98.7. The van der Waals surface area contributed by atoms with Crippen molar-refractivity contribution < 1.29 is 38.0 Å². The summed E-state index contributed by atoms with van der Waals surface area (Å²) in [6.45, 7) is -1.57. The van der Waals surface area contributed by atoms with Crippen LogP contribution in [-0.2, 0) is 18.9 Å². The van der Waals surface area contributed by atoms with Crippen LogP contribution < -0.4 is 11.1 Å². The van der Waals surface area contributed by atoms with Gasteiger partial charge in [0.15, 0.2) is 0 Å². The molecular weight excluding hydrogens is 564 g/mol. The summed E-state index contributed by atoms with van der Waals surface area (Å²) in [6, 6.07) is 6.38. The van der Waals surface area contributed by atoms with Gasteiger partial charge in [0.2, 0.25) is 0 Å². The van der Waals surface area contributed by atoms with Gasteiger partial charge in [0, 0.05) is 0 Å². The van der Waals surface area contributed by atoms with E-state index in [2.05, 4.69) is 10.3 Å². The van der Waals surface area contributed by atoms with Crippen LogP contribution in [0.5, 0.6) is 0 Å². The predicted octanol–water partition coefficient (Wildman–Crippen LogP) is 6.89. The number of nitrogens with two attached hydrogens (primary N) is 1. The van der Waals surface area contributed by atoms with E-state index in [0.29, 0.717) is 17.3 Å². The Bertz CT molecular complexity index is 1940. The summed E-state index contributed by atoms with van der Waals surface area (Å²) in [5.74, 6) is 0. The van der Waals surface area contributed by atoms with E-state index in [4.69, 9.17) is 5.73 Å². The number of rotatable bonds is 8. The van der Waals surface area contributed by atoms with Crippen molar-refractivity contribution in [2.75, 3.05) is 19.6 Å². The summed E-state index contributed by atoms with van der Waals surface area (Å²) in [5, 5.41) is 15.4. The second-order valence-electron chi connectivity index (χ2n) is 16.0. The van der Waals surface area contributed by atoms with Crippen LogP contribution in [0, 0.1) is 0 Å². The predicted molar refractivity (Wildman–Crippen MR) is 127 cm³/mol. The Balaban J connectivity index is 0.961. The Morgan fingerprint density at radius 3 is 2.03 bits per heavy atom. The normalized spacial score (nSPS) is 62.3. The first kappa shape index (κ1) is 21.1. The number of aliphatic hydroxyl groups is 1. The molecule has 1 spiro atoms. The molecule has 11 heteroatoms. The third-order valence-corrected chi connectivity index (χ3v) is 63.8. The Morgan fingerprint density at radius 1 is 0.897 bits per heavy atom. The monoisotopic (exact) mass is 591 g/mol. The molecule has 6 atom stereocenters. The third kappa shape index (κ3) is 0.554. The minimum absolute atomic E-state index is 0.0722. The van der Waals surface area contributed by atoms with Crippen molar-refractivity contribution in [3.63, 3.8) is 0 Å². The summed E-state index contributed by atoms with van der Waals surface area (Å²) in [5.41, 5.74) is 4.04. The molecule has 0 amide bonds. The summed E-state index contributed by atoms with van der Waals surface area (Å²) in [4.78, 5) is 11.3. The van der Waals surface area contributed by atoms with E-state index in [9.17, 15) is 31.4 Å². The second-order valence-corrected chi connectivity index (χ2v) is 39.4. The molecule has 1 aromatic heterocycles. The van der Waals surface area contributed by atoms with Gasteiger partial charge in [-0.2, -0.15) is 0 Å². The van der Waals surface area contributed by atoms with Crippen LogP contribution in [0.25, 0.3) is 11.3 Å². The molecule has 2 aromatic rings. The number of aliphatic hydroxyl groups excluding tert-OH is 1. The molecule has 10 aliphatic heterocycles. The fourth-order valence-electron chi connectivity index (χ4n) is 21.2. The SMILES string of the molecule is NCCNC[C]12[CH]3[CH]4[CH]5[C]1(C[C@H](O)c1cc(-c6ccc(C(F)(F)F)cc6)nc(C(F)(F)F)c1)[Fe]43521678[CH]2[CH]1[CH]6[CH]7[CH]28. The van der Waals surface area contributed by atoms with Gasteiger partial charge in [-0.1, -0.05) is 0 Å². The molecule has 11 heterocycles. The van der Waals surface area contributed by atoms with Crippen LogP contribution in [0.1, 0.15) is 29.3 Å². The third-order valence-electron chi connectivity index (χ3n) is 19.7. The molecule has 12 rings (SSSR count). The van der Waals surface area contributed by atoms with Gasteiger partial charge in [0.05, 0.1) is 0 Å². The van der Waals surface area contributed by atoms with E-state index in [0.717, 1.165) is 82.0 Å². The zero-order chi connectivity index (χ0) is 26.9. The van der Waals surface area contributed by atoms with Gasteiger partial charge in [0.1, 0.15) is 0 Å². The van der Waals surface area contributed by atoms with Gasteiger partial charge in [0.25, 0.3) is 0 Å². The topological polar surface area (TPSA) is 71.2 Å². The van der Waals surface area contributed by atoms with Crippen LogP contribution in [0.4, 0.5) is 26.3 Å². The number of pyridine rings is 1. The fraction of sp³-hybridized carbons (Fsp3) is 0.607. The van der Waals surface area contributed by atoms with Crippen LogP contribution >= 0.6 is 0 Å². The van der Waals surface area contributed by atoms with Crippen molar-refractivity contribution in [3.05, 3.63) is 53.2 Å². The van der Waals surface area contributed by atoms with Crippen molar-refractivity contribution in [1.29, 1.82) is 0 Å². The molecule has 0 radical (unpaired) electrons. The van der Waals surface area contributed by atoms with Gasteiger partial charge in [-0.25, -0.2) is 0 Å². The first-order valence-electron chi connectivity index (χ1n) is 13.7. The number of nitrogens with one attached hydrogen (secondary N) is 1. The molecule has 0 saturated carbocycles. The van der Waals surface area contributed by atoms with Crippen molar-refractivity contribution >= 4 is 0 Å². The Kier molecular flexibility index (Phi) is 1.67. The van der Waals surface area contributed by atoms with E-state index in [1.807, 2.05) is 0 Å². The quantitative estimate of drug-likeness (QED) is 0.178. The van der Waals surface area contributed by atoms with Crippen molar-refractivity contribution in [2.45, 2.75) is 72.0 Å². The molecular formula is C28H27F6FeN3O. The zero-order valence-corrected chi connectivity index (χ0v) is 21.7. The van der Waals surface area contributed by atoms with Crippen LogP contribution in [-0.4, -0.2) is 29.7 Å². The Morgan fingerprint density at radius 2 is 1.51 bits per heavy atom. The number of benzene rings is 1. The average molecular weight is 591 g/mol. The van der Waals surface area contributed by atoms with Crippen molar-refractivity contribution in [1.82, 2.24) is 10.3 Å². The first-order valence-corrected chi connectivity index (χ1v) is 19.9. The van der Waals surface area contributed by atoms with Gasteiger partial charge in [-0.05, 0) is 0 Å².